The number of nitrogens with one attached hydrogen (secondary N) is 1. The first-order chi connectivity index (χ1) is 9.60. The van der Waals surface area contributed by atoms with Crippen LogP contribution in [0.5, 0.6) is 0 Å². The third kappa shape index (κ3) is 3.91. The van der Waals surface area contributed by atoms with E-state index in [-0.39, 0.29) is 0 Å². The van der Waals surface area contributed by atoms with Crippen molar-refractivity contribution in [3.8, 4) is 0 Å². The van der Waals surface area contributed by atoms with Gasteiger partial charge in [0.25, 0.3) is 0 Å². The third-order valence-electron chi connectivity index (χ3n) is 3.80. The molecule has 4 N–H and O–H groups in total. The largest absolute Gasteiger partial charge is 0.480 e. The molecule has 1 unspecified atom stereocenters. The lowest BCUT2D eigenvalue weighted by atomic mass is 9.97. The van der Waals surface area contributed by atoms with E-state index in [1.54, 1.807) is 5.38 Å². The number of carbonyl (C=O) groups is 1. The molecule has 2 heterocycles. The maximum Gasteiger partial charge on any atom is 0.326 e. The van der Waals surface area contributed by atoms with Crippen LogP contribution in [0.3, 0.4) is 0 Å². The van der Waals surface area contributed by atoms with Crippen molar-refractivity contribution in [3.63, 3.8) is 0 Å². The Bertz CT molecular complexity index is 443. The molecule has 1 aliphatic heterocycles. The summed E-state index contributed by atoms with van der Waals surface area (Å²) in [6.45, 7) is 6.54. The van der Waals surface area contributed by atoms with Crippen molar-refractivity contribution in [2.24, 2.45) is 11.7 Å². The lowest BCUT2D eigenvalue weighted by molar-refractivity contribution is -0.138. The van der Waals surface area contributed by atoms with E-state index in [0.29, 0.717) is 11.6 Å². The van der Waals surface area contributed by atoms with Crippen molar-refractivity contribution >= 4 is 22.4 Å². The topological polar surface area (TPSA) is 91.5 Å². The van der Waals surface area contributed by atoms with Crippen LogP contribution in [-0.2, 0) is 4.79 Å². The minimum absolute atomic E-state index is 0.422. The Morgan fingerprint density at radius 3 is 2.95 bits per heavy atom. The first-order valence-corrected chi connectivity index (χ1v) is 7.88. The van der Waals surface area contributed by atoms with Gasteiger partial charge in [0.1, 0.15) is 6.04 Å². The number of nitrogens with zero attached hydrogens (tertiary/aromatic N) is 2. The highest BCUT2D eigenvalue weighted by Crippen LogP contribution is 2.22. The van der Waals surface area contributed by atoms with Crippen molar-refractivity contribution in [1.82, 2.24) is 9.88 Å². The maximum absolute atomic E-state index is 10.8. The van der Waals surface area contributed by atoms with E-state index in [1.807, 2.05) is 0 Å². The summed E-state index contributed by atoms with van der Waals surface area (Å²) in [6, 6.07) is -1.03. The summed E-state index contributed by atoms with van der Waals surface area (Å²) in [4.78, 5) is 17.5. The fraction of sp³-hybridized carbons (Fsp3) is 0.692. The average molecular weight is 298 g/mol. The zero-order valence-corrected chi connectivity index (χ0v) is 12.5. The molecule has 1 aliphatic rings. The molecule has 1 aromatic heterocycles. The van der Waals surface area contributed by atoms with Gasteiger partial charge in [-0.05, 0) is 38.4 Å². The number of aromatic nitrogens is 1. The molecule has 1 aromatic rings. The van der Waals surface area contributed by atoms with E-state index < -0.39 is 12.0 Å². The van der Waals surface area contributed by atoms with Crippen LogP contribution >= 0.6 is 11.3 Å². The van der Waals surface area contributed by atoms with Crippen LogP contribution in [0.2, 0.25) is 0 Å². The number of likely N-dealkylation sites (tertiary alicyclic amines) is 1. The predicted octanol–water partition coefficient (Wildman–Crippen LogP) is 1.37. The maximum atomic E-state index is 10.8. The van der Waals surface area contributed by atoms with Gasteiger partial charge in [-0.2, -0.15) is 0 Å². The van der Waals surface area contributed by atoms with Gasteiger partial charge in [-0.3, -0.25) is 4.79 Å². The summed E-state index contributed by atoms with van der Waals surface area (Å²) >= 11 is 1.41. The van der Waals surface area contributed by atoms with Gasteiger partial charge >= 0.3 is 5.97 Å². The first kappa shape index (κ1) is 15.2. The molecule has 0 bridgehead atoms. The van der Waals surface area contributed by atoms with Crippen LogP contribution in [0.4, 0.5) is 5.13 Å². The number of rotatable bonds is 6. The molecule has 2 rings (SSSR count). The minimum Gasteiger partial charge on any atom is -0.480 e. The zero-order valence-electron chi connectivity index (χ0n) is 11.7. The van der Waals surface area contributed by atoms with Gasteiger partial charge in [0.05, 0.1) is 5.69 Å². The Labute approximate surface area is 123 Å². The van der Waals surface area contributed by atoms with Crippen molar-refractivity contribution in [2.75, 3.05) is 31.5 Å². The second kappa shape index (κ2) is 7.01. The standard InChI is InChI=1S/C13H22N4O2S/c1-2-17-5-3-9(4-6-17)7-15-13-16-10(8-20-13)11(14)12(18)19/h8-9,11H,2-7,14H2,1H3,(H,15,16)(H,18,19). The molecule has 0 aliphatic carbocycles. The zero-order chi connectivity index (χ0) is 14.5. The number of carboxylic acids is 1. The number of thiazole rings is 1. The highest BCUT2D eigenvalue weighted by Gasteiger charge is 2.20. The monoisotopic (exact) mass is 298 g/mol. The Balaban J connectivity index is 1.79. The molecule has 20 heavy (non-hydrogen) atoms. The summed E-state index contributed by atoms with van der Waals surface area (Å²) in [5.74, 6) is -0.382. The second-order valence-electron chi connectivity index (χ2n) is 5.15. The molecule has 0 amide bonds. The molecular weight excluding hydrogens is 276 g/mol. The van der Waals surface area contributed by atoms with Crippen LogP contribution in [0.1, 0.15) is 31.5 Å². The molecule has 7 heteroatoms. The first-order valence-electron chi connectivity index (χ1n) is 7.00. The number of hydrogen-bond donors (Lipinski definition) is 3. The second-order valence-corrected chi connectivity index (χ2v) is 6.01. The van der Waals surface area contributed by atoms with E-state index in [4.69, 9.17) is 10.8 Å². The summed E-state index contributed by atoms with van der Waals surface area (Å²) in [6.07, 6.45) is 2.40. The summed E-state index contributed by atoms with van der Waals surface area (Å²) in [7, 11) is 0. The highest BCUT2D eigenvalue weighted by molar-refractivity contribution is 7.13. The molecule has 0 spiro atoms. The molecule has 1 saturated heterocycles. The predicted molar refractivity (Wildman–Crippen MR) is 80.0 cm³/mol. The normalized spacial score (nSPS) is 18.9. The van der Waals surface area contributed by atoms with E-state index in [2.05, 4.69) is 22.1 Å². The van der Waals surface area contributed by atoms with Gasteiger partial charge in [-0.25, -0.2) is 4.98 Å². The smallest absolute Gasteiger partial charge is 0.326 e. The Kier molecular flexibility index (Phi) is 5.33. The Morgan fingerprint density at radius 2 is 2.35 bits per heavy atom. The molecule has 1 atom stereocenters. The summed E-state index contributed by atoms with van der Waals surface area (Å²) in [5.41, 5.74) is 5.95. The molecular formula is C13H22N4O2S. The number of carboxylic acid groups (broad SMARTS) is 1. The quantitative estimate of drug-likeness (QED) is 0.735. The lowest BCUT2D eigenvalue weighted by Crippen LogP contribution is -2.35. The van der Waals surface area contributed by atoms with Gasteiger partial charge in [-0.15, -0.1) is 11.3 Å². The molecule has 1 fully saturated rings. The summed E-state index contributed by atoms with van der Waals surface area (Å²) < 4.78 is 0. The molecule has 112 valence electrons. The average Bonchev–Trinajstić information content (AvgIpc) is 2.93. The molecule has 0 aromatic carbocycles. The lowest BCUT2D eigenvalue weighted by Gasteiger charge is -2.30. The fourth-order valence-corrected chi connectivity index (χ4v) is 3.13. The van der Waals surface area contributed by atoms with Gasteiger partial charge in [0.15, 0.2) is 5.13 Å². The van der Waals surface area contributed by atoms with Crippen LogP contribution in [0.25, 0.3) is 0 Å². The van der Waals surface area contributed by atoms with Crippen LogP contribution in [0, 0.1) is 5.92 Å². The van der Waals surface area contributed by atoms with Gasteiger partial charge < -0.3 is 21.1 Å². The van der Waals surface area contributed by atoms with E-state index in [0.717, 1.165) is 31.3 Å². The number of piperidine rings is 1. The summed E-state index contributed by atoms with van der Waals surface area (Å²) in [5, 5.41) is 14.6. The van der Waals surface area contributed by atoms with E-state index in [1.165, 1.54) is 24.2 Å². The molecule has 0 saturated carbocycles. The number of nitrogens with two attached hydrogens (primary N) is 1. The van der Waals surface area contributed by atoms with Gasteiger partial charge in [-0.1, -0.05) is 6.92 Å². The van der Waals surface area contributed by atoms with Crippen LogP contribution < -0.4 is 11.1 Å². The SMILES string of the molecule is CCN1CCC(CNc2nc(C(N)C(=O)O)cs2)CC1. The van der Waals surface area contributed by atoms with Gasteiger partial charge in [0.2, 0.25) is 0 Å². The third-order valence-corrected chi connectivity index (χ3v) is 4.62. The number of aliphatic carboxylic acids is 1. The van der Waals surface area contributed by atoms with Crippen molar-refractivity contribution in [2.45, 2.75) is 25.8 Å². The van der Waals surface area contributed by atoms with Crippen molar-refractivity contribution < 1.29 is 9.90 Å². The van der Waals surface area contributed by atoms with Crippen molar-refractivity contribution in [3.05, 3.63) is 11.1 Å². The number of hydrogen-bond acceptors (Lipinski definition) is 6. The van der Waals surface area contributed by atoms with Gasteiger partial charge in [0, 0.05) is 11.9 Å². The molecule has 6 nitrogen and oxygen atoms in total. The number of anilines is 1. The minimum atomic E-state index is -1.05. The fourth-order valence-electron chi connectivity index (χ4n) is 2.38. The van der Waals surface area contributed by atoms with Crippen molar-refractivity contribution in [1.29, 1.82) is 0 Å². The Morgan fingerprint density at radius 1 is 1.65 bits per heavy atom. The van der Waals surface area contributed by atoms with Crippen LogP contribution in [0.15, 0.2) is 5.38 Å². The highest BCUT2D eigenvalue weighted by atomic mass is 32.1. The molecule has 0 radical (unpaired) electrons. The van der Waals surface area contributed by atoms with Crippen LogP contribution in [-0.4, -0.2) is 47.1 Å². The Hall–Kier alpha value is -1.18. The van der Waals surface area contributed by atoms with E-state index >= 15 is 0 Å². The van der Waals surface area contributed by atoms with E-state index in [9.17, 15) is 4.79 Å².